The normalized spacial score (nSPS) is 11.8. The zero-order chi connectivity index (χ0) is 27.1. The zero-order valence-electron chi connectivity index (χ0n) is 20.6. The summed E-state index contributed by atoms with van der Waals surface area (Å²) in [7, 11) is 0. The highest BCUT2D eigenvalue weighted by atomic mass is 35.5. The number of hydrogen-bond acceptors (Lipinski definition) is 6. The Labute approximate surface area is 229 Å². The van der Waals surface area contributed by atoms with Crippen LogP contribution in [-0.2, 0) is 4.79 Å². The first kappa shape index (κ1) is 27.0. The highest BCUT2D eigenvalue weighted by molar-refractivity contribution is 6.36. The van der Waals surface area contributed by atoms with Gasteiger partial charge in [0.15, 0.2) is 17.6 Å². The Bertz CT molecular complexity index is 1510. The van der Waals surface area contributed by atoms with E-state index in [9.17, 15) is 9.59 Å². The molecule has 0 spiro atoms. The molecule has 0 aliphatic heterocycles. The summed E-state index contributed by atoms with van der Waals surface area (Å²) >= 11 is 12.0. The molecule has 0 saturated carbocycles. The summed E-state index contributed by atoms with van der Waals surface area (Å²) in [5.74, 6) is 0.0592. The Morgan fingerprint density at radius 3 is 2.50 bits per heavy atom. The van der Waals surface area contributed by atoms with Gasteiger partial charge in [-0.2, -0.15) is 5.10 Å². The number of halogens is 2. The van der Waals surface area contributed by atoms with E-state index < -0.39 is 18.0 Å². The number of fused-ring (bicyclic) bond motifs is 1. The summed E-state index contributed by atoms with van der Waals surface area (Å²) in [4.78, 5) is 25.1. The lowest BCUT2D eigenvalue weighted by Crippen LogP contribution is -2.33. The summed E-state index contributed by atoms with van der Waals surface area (Å²) in [6.07, 6.45) is 0.680. The third-order valence-electron chi connectivity index (χ3n) is 5.41. The maximum atomic E-state index is 12.6. The van der Waals surface area contributed by atoms with E-state index in [0.717, 1.165) is 10.8 Å². The van der Waals surface area contributed by atoms with Crippen LogP contribution in [-0.4, -0.2) is 30.8 Å². The molecule has 0 aliphatic rings. The fraction of sp³-hybridized carbons (Fsp3) is 0.138. The van der Waals surface area contributed by atoms with Gasteiger partial charge >= 0.3 is 5.97 Å². The molecular weight excluding hydrogens is 527 g/mol. The number of esters is 1. The van der Waals surface area contributed by atoms with Crippen molar-refractivity contribution in [3.63, 3.8) is 0 Å². The second-order valence-corrected chi connectivity index (χ2v) is 9.00. The summed E-state index contributed by atoms with van der Waals surface area (Å²) < 4.78 is 16.9. The minimum Gasteiger partial charge on any atom is -0.490 e. The van der Waals surface area contributed by atoms with Crippen LogP contribution >= 0.6 is 23.2 Å². The van der Waals surface area contributed by atoms with E-state index in [1.165, 1.54) is 18.3 Å². The van der Waals surface area contributed by atoms with Gasteiger partial charge in [-0.25, -0.2) is 10.2 Å². The zero-order valence-corrected chi connectivity index (χ0v) is 22.1. The summed E-state index contributed by atoms with van der Waals surface area (Å²) in [5, 5.41) is 6.71. The summed E-state index contributed by atoms with van der Waals surface area (Å²) in [6, 6.07) is 22.9. The van der Waals surface area contributed by atoms with Gasteiger partial charge in [0.2, 0.25) is 0 Å². The summed E-state index contributed by atoms with van der Waals surface area (Å²) in [6.45, 7) is 3.79. The molecule has 9 heteroatoms. The molecule has 38 heavy (non-hydrogen) atoms. The number of hydrazone groups is 1. The van der Waals surface area contributed by atoms with Crippen LogP contribution in [0.2, 0.25) is 10.0 Å². The Morgan fingerprint density at radius 2 is 1.74 bits per heavy atom. The molecule has 4 rings (SSSR count). The molecule has 0 saturated heterocycles. The molecule has 0 heterocycles. The first-order chi connectivity index (χ1) is 18.3. The molecule has 4 aromatic carbocycles. The highest BCUT2D eigenvalue weighted by Crippen LogP contribution is 2.30. The fourth-order valence-electron chi connectivity index (χ4n) is 3.53. The quantitative estimate of drug-likeness (QED) is 0.109. The lowest BCUT2D eigenvalue weighted by Gasteiger charge is -2.13. The van der Waals surface area contributed by atoms with E-state index in [1.54, 1.807) is 38.1 Å². The first-order valence-corrected chi connectivity index (χ1v) is 12.5. The summed E-state index contributed by atoms with van der Waals surface area (Å²) in [5.41, 5.74) is 3.26. The number of carbonyl (C=O) groups excluding carboxylic acids is 2. The number of hydrogen-bond donors (Lipinski definition) is 1. The number of carbonyl (C=O) groups is 2. The Kier molecular flexibility index (Phi) is 8.84. The standard InChI is InChI=1S/C29H24Cl2N2O5/c1-3-36-27-14-19(8-13-26(27)38-29(35)24-12-10-22(30)16-25(24)31)17-32-33-28(34)18(2)37-23-11-9-20-6-4-5-7-21(20)15-23/h4-18H,3H2,1-2H3,(H,33,34)/b32-17-/t18-/m1/s1. The topological polar surface area (TPSA) is 86.2 Å². The maximum absolute atomic E-state index is 12.6. The van der Waals surface area contributed by atoms with Crippen molar-refractivity contribution in [1.82, 2.24) is 5.43 Å². The van der Waals surface area contributed by atoms with Crippen LogP contribution in [0.3, 0.4) is 0 Å². The van der Waals surface area contributed by atoms with E-state index in [1.807, 2.05) is 42.5 Å². The van der Waals surface area contributed by atoms with E-state index in [4.69, 9.17) is 37.4 Å². The van der Waals surface area contributed by atoms with Gasteiger partial charge in [-0.1, -0.05) is 53.5 Å². The highest BCUT2D eigenvalue weighted by Gasteiger charge is 2.17. The number of amides is 1. The molecule has 7 nitrogen and oxygen atoms in total. The van der Waals surface area contributed by atoms with Crippen LogP contribution in [0.4, 0.5) is 0 Å². The minimum absolute atomic E-state index is 0.173. The van der Waals surface area contributed by atoms with Crippen molar-refractivity contribution >= 4 is 52.1 Å². The van der Waals surface area contributed by atoms with E-state index in [2.05, 4.69) is 10.5 Å². The molecule has 0 bridgehead atoms. The van der Waals surface area contributed by atoms with Gasteiger partial charge in [-0.05, 0) is 78.7 Å². The van der Waals surface area contributed by atoms with Crippen molar-refractivity contribution in [2.24, 2.45) is 5.10 Å². The van der Waals surface area contributed by atoms with Crippen LogP contribution in [0, 0.1) is 0 Å². The molecule has 0 radical (unpaired) electrons. The van der Waals surface area contributed by atoms with E-state index in [-0.39, 0.29) is 16.3 Å². The third kappa shape index (κ3) is 6.82. The molecular formula is C29H24Cl2N2O5. The number of rotatable bonds is 9. The van der Waals surface area contributed by atoms with Gasteiger partial charge < -0.3 is 14.2 Å². The van der Waals surface area contributed by atoms with Gasteiger partial charge in [0.25, 0.3) is 5.91 Å². The average molecular weight is 551 g/mol. The second-order valence-electron chi connectivity index (χ2n) is 8.16. The molecule has 0 aromatic heterocycles. The van der Waals surface area contributed by atoms with Crippen LogP contribution in [0.1, 0.15) is 29.8 Å². The Morgan fingerprint density at radius 1 is 0.947 bits per heavy atom. The molecule has 0 unspecified atom stereocenters. The van der Waals surface area contributed by atoms with Crippen LogP contribution < -0.4 is 19.6 Å². The SMILES string of the molecule is CCOc1cc(/C=N\NC(=O)[C@@H](C)Oc2ccc3ccccc3c2)ccc1OC(=O)c1ccc(Cl)cc1Cl. The van der Waals surface area contributed by atoms with Gasteiger partial charge in [0, 0.05) is 5.02 Å². The fourth-order valence-corrected chi connectivity index (χ4v) is 4.01. The van der Waals surface area contributed by atoms with Crippen LogP contribution in [0.25, 0.3) is 10.8 Å². The van der Waals surface area contributed by atoms with E-state index in [0.29, 0.717) is 28.7 Å². The second kappa shape index (κ2) is 12.4. The number of benzene rings is 4. The predicted molar refractivity (Wildman–Crippen MR) is 149 cm³/mol. The molecule has 1 atom stereocenters. The maximum Gasteiger partial charge on any atom is 0.345 e. The van der Waals surface area contributed by atoms with Crippen molar-refractivity contribution in [1.29, 1.82) is 0 Å². The monoisotopic (exact) mass is 550 g/mol. The smallest absolute Gasteiger partial charge is 0.345 e. The van der Waals surface area contributed by atoms with E-state index >= 15 is 0 Å². The molecule has 0 fully saturated rings. The van der Waals surface area contributed by atoms with Crippen molar-refractivity contribution in [3.05, 3.63) is 100 Å². The lowest BCUT2D eigenvalue weighted by molar-refractivity contribution is -0.127. The van der Waals surface area contributed by atoms with Gasteiger partial charge in [0.1, 0.15) is 5.75 Å². The van der Waals surface area contributed by atoms with Crippen LogP contribution in [0.5, 0.6) is 17.2 Å². The molecule has 0 aliphatic carbocycles. The number of ether oxygens (including phenoxy) is 3. The molecule has 1 N–H and O–H groups in total. The number of nitrogens with one attached hydrogen (secondary N) is 1. The molecule has 1 amide bonds. The molecule has 4 aromatic rings. The number of nitrogens with zero attached hydrogens (tertiary/aromatic N) is 1. The third-order valence-corrected chi connectivity index (χ3v) is 5.96. The van der Waals surface area contributed by atoms with Gasteiger partial charge in [0.05, 0.1) is 23.4 Å². The minimum atomic E-state index is -0.770. The van der Waals surface area contributed by atoms with Crippen LogP contribution in [0.15, 0.2) is 84.0 Å². The molecule has 194 valence electrons. The predicted octanol–water partition coefficient (Wildman–Crippen LogP) is 6.68. The van der Waals surface area contributed by atoms with Crippen molar-refractivity contribution < 1.29 is 23.8 Å². The van der Waals surface area contributed by atoms with Crippen molar-refractivity contribution in [3.8, 4) is 17.2 Å². The largest absolute Gasteiger partial charge is 0.490 e. The average Bonchev–Trinajstić information content (AvgIpc) is 2.90. The Balaban J connectivity index is 1.38. The van der Waals surface area contributed by atoms with Gasteiger partial charge in [-0.3, -0.25) is 4.79 Å². The van der Waals surface area contributed by atoms with Gasteiger partial charge in [-0.15, -0.1) is 0 Å². The first-order valence-electron chi connectivity index (χ1n) is 11.8. The van der Waals surface area contributed by atoms with Crippen molar-refractivity contribution in [2.45, 2.75) is 20.0 Å². The Hall–Kier alpha value is -4.07. The van der Waals surface area contributed by atoms with Crippen molar-refractivity contribution in [2.75, 3.05) is 6.61 Å². The lowest BCUT2D eigenvalue weighted by atomic mass is 10.1.